The van der Waals surface area contributed by atoms with Gasteiger partial charge in [-0.05, 0) is 18.6 Å². The van der Waals surface area contributed by atoms with E-state index in [1.54, 1.807) is 11.0 Å². The molecule has 0 saturated carbocycles. The highest BCUT2D eigenvalue weighted by atomic mass is 19.4. The van der Waals surface area contributed by atoms with Crippen molar-refractivity contribution in [1.82, 2.24) is 15.4 Å². The van der Waals surface area contributed by atoms with E-state index >= 15 is 0 Å². The van der Waals surface area contributed by atoms with E-state index < -0.39 is 17.6 Å². The smallest absolute Gasteiger partial charge is 0.364 e. The highest BCUT2D eigenvalue weighted by molar-refractivity contribution is 5.92. The first kappa shape index (κ1) is 17.5. The molecule has 2 bridgehead atoms. The highest BCUT2D eigenvalue weighted by Crippen LogP contribution is 2.42. The number of carbonyl (C=O) groups is 1. The van der Waals surface area contributed by atoms with E-state index in [1.165, 1.54) is 30.0 Å². The van der Waals surface area contributed by atoms with E-state index in [1.807, 2.05) is 4.90 Å². The first-order chi connectivity index (χ1) is 12.9. The summed E-state index contributed by atoms with van der Waals surface area (Å²) >= 11 is 0. The maximum atomic E-state index is 13.3. The minimum absolute atomic E-state index is 0.00573. The Morgan fingerprint density at radius 2 is 1.74 bits per heavy atom. The Morgan fingerprint density at radius 3 is 2.33 bits per heavy atom. The predicted molar refractivity (Wildman–Crippen MR) is 89.6 cm³/mol. The summed E-state index contributed by atoms with van der Waals surface area (Å²) in [6.07, 6.45) is -1.08. The topological polar surface area (TPSA) is 81.6 Å². The molecule has 27 heavy (non-hydrogen) atoms. The molecule has 0 aliphatic carbocycles. The van der Waals surface area contributed by atoms with E-state index in [0.29, 0.717) is 25.5 Å². The van der Waals surface area contributed by atoms with Crippen molar-refractivity contribution in [3.05, 3.63) is 47.8 Å². The highest BCUT2D eigenvalue weighted by Gasteiger charge is 2.46. The maximum Gasteiger partial charge on any atom is 0.418 e. The van der Waals surface area contributed by atoms with Crippen molar-refractivity contribution in [3.8, 4) is 0 Å². The molecule has 0 unspecified atom stereocenters. The number of nitrogens with zero attached hydrogens (tertiary/aromatic N) is 4. The molecule has 4 rings (SSSR count). The average molecular weight is 379 g/mol. The molecule has 1 aromatic carbocycles. The molecule has 1 aromatic heterocycles. The van der Waals surface area contributed by atoms with Crippen LogP contribution in [0.2, 0.25) is 0 Å². The van der Waals surface area contributed by atoms with Gasteiger partial charge in [0.1, 0.15) is 0 Å². The number of amides is 1. The molecule has 2 saturated heterocycles. The van der Waals surface area contributed by atoms with Crippen molar-refractivity contribution in [2.24, 2.45) is 0 Å². The van der Waals surface area contributed by atoms with Crippen LogP contribution in [-0.2, 0) is 6.18 Å². The summed E-state index contributed by atoms with van der Waals surface area (Å²) in [4.78, 5) is 23.4. The molecular formula is C17H16F3N5O2. The van der Waals surface area contributed by atoms with Gasteiger partial charge in [-0.25, -0.2) is 15.4 Å². The molecule has 2 aliphatic heterocycles. The van der Waals surface area contributed by atoms with Crippen LogP contribution in [-0.4, -0.2) is 46.3 Å². The van der Waals surface area contributed by atoms with E-state index in [9.17, 15) is 18.0 Å². The summed E-state index contributed by atoms with van der Waals surface area (Å²) in [5, 5.41) is 8.62. The fourth-order valence-corrected chi connectivity index (χ4v) is 3.82. The van der Waals surface area contributed by atoms with Crippen LogP contribution in [0.5, 0.6) is 0 Å². The van der Waals surface area contributed by atoms with Gasteiger partial charge in [-0.15, -0.1) is 0 Å². The third kappa shape index (κ3) is 3.05. The van der Waals surface area contributed by atoms with Gasteiger partial charge in [0.15, 0.2) is 0 Å². The quantitative estimate of drug-likeness (QED) is 0.628. The maximum absolute atomic E-state index is 13.3. The van der Waals surface area contributed by atoms with Gasteiger partial charge in [-0.1, -0.05) is 12.1 Å². The molecular weight excluding hydrogens is 363 g/mol. The zero-order chi connectivity index (χ0) is 19.2. The Morgan fingerprint density at radius 1 is 1.11 bits per heavy atom. The summed E-state index contributed by atoms with van der Waals surface area (Å²) < 4.78 is 39.9. The normalized spacial score (nSPS) is 21.6. The fraction of sp³-hybridized carbons (Fsp3) is 0.353. The van der Waals surface area contributed by atoms with Crippen LogP contribution >= 0.6 is 0 Å². The summed E-state index contributed by atoms with van der Waals surface area (Å²) in [5.74, 6) is -0.292. The minimum atomic E-state index is -4.40. The summed E-state index contributed by atoms with van der Waals surface area (Å²) in [7, 11) is 0. The van der Waals surface area contributed by atoms with E-state index in [-0.39, 0.29) is 23.3 Å². The lowest BCUT2D eigenvalue weighted by molar-refractivity contribution is -0.137. The van der Waals surface area contributed by atoms with Crippen molar-refractivity contribution in [3.63, 3.8) is 0 Å². The summed E-state index contributed by atoms with van der Waals surface area (Å²) in [6.45, 7) is 0.947. The number of fused-ring (bicyclic) bond motifs is 2. The second-order valence-electron chi connectivity index (χ2n) is 6.58. The first-order valence-electron chi connectivity index (χ1n) is 8.34. The van der Waals surface area contributed by atoms with Crippen LogP contribution in [0, 0.1) is 0 Å². The van der Waals surface area contributed by atoms with Crippen molar-refractivity contribution in [2.75, 3.05) is 22.9 Å². The monoisotopic (exact) mass is 379 g/mol. The SMILES string of the molecule is O=C(NO)c1cnc(N2C[C@@H]3C[C@@H]2CN3c2ccccc2C(F)(F)F)nc1. The average Bonchev–Trinajstić information content (AvgIpc) is 3.27. The molecule has 142 valence electrons. The Bertz CT molecular complexity index is 858. The molecule has 0 radical (unpaired) electrons. The first-order valence-corrected chi connectivity index (χ1v) is 8.34. The van der Waals surface area contributed by atoms with Gasteiger partial charge < -0.3 is 9.80 Å². The van der Waals surface area contributed by atoms with Gasteiger partial charge in [-0.3, -0.25) is 10.0 Å². The van der Waals surface area contributed by atoms with Crippen LogP contribution in [0.1, 0.15) is 22.3 Å². The number of alkyl halides is 3. The molecule has 10 heteroatoms. The Kier molecular flexibility index (Phi) is 4.14. The van der Waals surface area contributed by atoms with E-state index in [4.69, 9.17) is 5.21 Å². The van der Waals surface area contributed by atoms with Gasteiger partial charge >= 0.3 is 6.18 Å². The molecule has 1 amide bonds. The number of aromatic nitrogens is 2. The van der Waals surface area contributed by atoms with E-state index in [0.717, 1.165) is 6.07 Å². The second-order valence-corrected chi connectivity index (χ2v) is 6.58. The lowest BCUT2D eigenvalue weighted by atomic mass is 10.1. The molecule has 2 aliphatic rings. The van der Waals surface area contributed by atoms with Gasteiger partial charge in [-0.2, -0.15) is 13.2 Å². The Balaban J connectivity index is 1.53. The van der Waals surface area contributed by atoms with Crippen LogP contribution in [0.15, 0.2) is 36.7 Å². The van der Waals surface area contributed by atoms with Crippen LogP contribution in [0.25, 0.3) is 0 Å². The number of para-hydroxylation sites is 1. The predicted octanol–water partition coefficient (Wildman–Crippen LogP) is 2.08. The van der Waals surface area contributed by atoms with E-state index in [2.05, 4.69) is 9.97 Å². The molecule has 2 atom stereocenters. The Labute approximate surface area is 152 Å². The molecule has 3 heterocycles. The molecule has 2 N–H and O–H groups in total. The summed E-state index contributed by atoms with van der Waals surface area (Å²) in [6, 6.07) is 5.55. The lowest BCUT2D eigenvalue weighted by Crippen LogP contribution is -2.47. The molecule has 2 fully saturated rings. The number of anilines is 2. The minimum Gasteiger partial charge on any atom is -0.364 e. The van der Waals surface area contributed by atoms with Crippen LogP contribution in [0.4, 0.5) is 24.8 Å². The number of hydrogen-bond acceptors (Lipinski definition) is 6. The number of benzene rings is 1. The van der Waals surface area contributed by atoms with Crippen LogP contribution < -0.4 is 15.3 Å². The van der Waals surface area contributed by atoms with Crippen molar-refractivity contribution in [1.29, 1.82) is 0 Å². The van der Waals surface area contributed by atoms with Crippen molar-refractivity contribution in [2.45, 2.75) is 24.7 Å². The fourth-order valence-electron chi connectivity index (χ4n) is 3.82. The zero-order valence-corrected chi connectivity index (χ0v) is 14.0. The number of rotatable bonds is 3. The number of piperazine rings is 1. The van der Waals surface area contributed by atoms with Crippen LogP contribution in [0.3, 0.4) is 0 Å². The molecule has 0 spiro atoms. The van der Waals surface area contributed by atoms with Gasteiger partial charge in [0.25, 0.3) is 5.91 Å². The number of nitrogens with one attached hydrogen (secondary N) is 1. The Hall–Kier alpha value is -2.88. The lowest BCUT2D eigenvalue weighted by Gasteiger charge is -2.36. The number of hydroxylamine groups is 1. The van der Waals surface area contributed by atoms with Gasteiger partial charge in [0.2, 0.25) is 5.95 Å². The number of halogens is 3. The molecule has 7 nitrogen and oxygen atoms in total. The van der Waals surface area contributed by atoms with Gasteiger partial charge in [0, 0.05) is 37.2 Å². The molecule has 2 aromatic rings. The van der Waals surface area contributed by atoms with Crippen molar-refractivity contribution >= 4 is 17.5 Å². The summed E-state index contributed by atoms with van der Waals surface area (Å²) in [5.41, 5.74) is 1.20. The second kappa shape index (κ2) is 6.38. The largest absolute Gasteiger partial charge is 0.418 e. The number of hydrogen-bond donors (Lipinski definition) is 2. The standard InChI is InChI=1S/C17H16F3N5O2/c18-17(19,20)13-3-1-2-4-14(13)24-8-12-5-11(24)9-25(12)16-21-6-10(7-22-16)15(26)23-27/h1-4,6-7,11-12,27H,5,8-9H2,(H,23,26)/t11-,12+/m0/s1. The third-order valence-electron chi connectivity index (χ3n) is 5.02. The van der Waals surface area contributed by atoms with Gasteiger partial charge in [0.05, 0.1) is 17.2 Å². The van der Waals surface area contributed by atoms with Crippen molar-refractivity contribution < 1.29 is 23.2 Å². The number of carbonyl (C=O) groups excluding carboxylic acids is 1. The third-order valence-corrected chi connectivity index (χ3v) is 5.02. The zero-order valence-electron chi connectivity index (χ0n) is 14.0.